The summed E-state index contributed by atoms with van der Waals surface area (Å²) in [4.78, 5) is 6.85. The van der Waals surface area contributed by atoms with Crippen LogP contribution in [0.25, 0.3) is 11.0 Å². The summed E-state index contributed by atoms with van der Waals surface area (Å²) < 4.78 is 7.51. The molecule has 1 aromatic carbocycles. The lowest BCUT2D eigenvalue weighted by Crippen LogP contribution is -2.37. The van der Waals surface area contributed by atoms with E-state index in [4.69, 9.17) is 4.74 Å². The lowest BCUT2D eigenvalue weighted by molar-refractivity contribution is 0.0410. The molecule has 0 saturated carbocycles. The summed E-state index contributed by atoms with van der Waals surface area (Å²) in [6, 6.07) is 8.25. The first-order valence-corrected chi connectivity index (χ1v) is 7.23. The molecule has 4 nitrogen and oxygen atoms in total. The van der Waals surface area contributed by atoms with Crippen LogP contribution in [0.4, 0.5) is 0 Å². The minimum absolute atomic E-state index is 0.874. The molecule has 1 saturated heterocycles. The molecule has 0 amide bonds. The van der Waals surface area contributed by atoms with Gasteiger partial charge in [-0.3, -0.25) is 8.87 Å². The van der Waals surface area contributed by atoms with E-state index in [1.807, 2.05) is 30.4 Å². The molecule has 0 N–H and O–H groups in total. The molecular weight excluding hydrogens is 246 g/mol. The summed E-state index contributed by atoms with van der Waals surface area (Å²) in [6.07, 6.45) is 1.91. The Balaban J connectivity index is 1.56. The van der Waals surface area contributed by atoms with Crippen molar-refractivity contribution >= 4 is 23.0 Å². The predicted octanol–water partition coefficient (Wildman–Crippen LogP) is 1.86. The van der Waals surface area contributed by atoms with E-state index < -0.39 is 0 Å². The minimum atomic E-state index is 0.874. The number of hydrogen-bond acceptors (Lipinski definition) is 4. The standard InChI is InChI=1S/C13H17N3OS/c1-2-4-13-12(3-1)14-11-16(13)18-10-7-15-5-8-17-9-6-15/h1-4,11H,5-10H2. The van der Waals surface area contributed by atoms with Crippen LogP contribution in [0.1, 0.15) is 0 Å². The van der Waals surface area contributed by atoms with Crippen LogP contribution >= 0.6 is 11.9 Å². The lowest BCUT2D eigenvalue weighted by Gasteiger charge is -2.26. The maximum atomic E-state index is 5.35. The summed E-state index contributed by atoms with van der Waals surface area (Å²) in [6.45, 7) is 4.98. The Morgan fingerprint density at radius 2 is 2.06 bits per heavy atom. The smallest absolute Gasteiger partial charge is 0.106 e. The summed E-state index contributed by atoms with van der Waals surface area (Å²) in [5.74, 6) is 1.08. The van der Waals surface area contributed by atoms with Crippen molar-refractivity contribution in [2.24, 2.45) is 0 Å². The molecule has 2 heterocycles. The van der Waals surface area contributed by atoms with Crippen molar-refractivity contribution in [3.05, 3.63) is 30.6 Å². The molecule has 1 aromatic heterocycles. The second kappa shape index (κ2) is 5.73. The third kappa shape index (κ3) is 2.68. The van der Waals surface area contributed by atoms with Crippen molar-refractivity contribution in [3.8, 4) is 0 Å². The van der Waals surface area contributed by atoms with Gasteiger partial charge in [-0.1, -0.05) is 12.1 Å². The van der Waals surface area contributed by atoms with Crippen LogP contribution < -0.4 is 0 Å². The highest BCUT2D eigenvalue weighted by molar-refractivity contribution is 7.98. The normalized spacial score (nSPS) is 17.3. The fraction of sp³-hybridized carbons (Fsp3) is 0.462. The number of ether oxygens (including phenoxy) is 1. The Morgan fingerprint density at radius 1 is 1.22 bits per heavy atom. The van der Waals surface area contributed by atoms with E-state index in [9.17, 15) is 0 Å². The zero-order valence-corrected chi connectivity index (χ0v) is 11.1. The van der Waals surface area contributed by atoms with Crippen LogP contribution in [0.15, 0.2) is 30.6 Å². The van der Waals surface area contributed by atoms with Crippen molar-refractivity contribution in [1.29, 1.82) is 0 Å². The molecule has 1 aliphatic heterocycles. The van der Waals surface area contributed by atoms with Gasteiger partial charge in [0.15, 0.2) is 0 Å². The Bertz CT molecular complexity index is 508. The average Bonchev–Trinajstić information content (AvgIpc) is 2.84. The van der Waals surface area contributed by atoms with Gasteiger partial charge in [0.2, 0.25) is 0 Å². The molecule has 0 spiro atoms. The number of morpholine rings is 1. The fourth-order valence-corrected chi connectivity index (χ4v) is 3.08. The second-order valence-electron chi connectivity index (χ2n) is 4.35. The van der Waals surface area contributed by atoms with Gasteiger partial charge >= 0.3 is 0 Å². The largest absolute Gasteiger partial charge is 0.379 e. The predicted molar refractivity (Wildman–Crippen MR) is 74.8 cm³/mol. The Hall–Kier alpha value is -1.04. The topological polar surface area (TPSA) is 30.3 Å². The quantitative estimate of drug-likeness (QED) is 0.842. The van der Waals surface area contributed by atoms with E-state index in [2.05, 4.69) is 26.0 Å². The molecule has 0 bridgehead atoms. The summed E-state index contributed by atoms with van der Waals surface area (Å²) in [5.41, 5.74) is 2.26. The molecule has 1 aliphatic rings. The summed E-state index contributed by atoms with van der Waals surface area (Å²) >= 11 is 1.82. The lowest BCUT2D eigenvalue weighted by atomic mass is 10.3. The zero-order valence-electron chi connectivity index (χ0n) is 10.3. The van der Waals surface area contributed by atoms with Crippen LogP contribution in [0.3, 0.4) is 0 Å². The molecular formula is C13H17N3OS. The summed E-state index contributed by atoms with van der Waals surface area (Å²) in [7, 11) is 0. The molecule has 0 aliphatic carbocycles. The number of benzene rings is 1. The highest BCUT2D eigenvalue weighted by Crippen LogP contribution is 2.17. The Labute approximate surface area is 111 Å². The van der Waals surface area contributed by atoms with Gasteiger partial charge in [0.1, 0.15) is 6.33 Å². The van der Waals surface area contributed by atoms with Gasteiger partial charge in [0, 0.05) is 25.4 Å². The second-order valence-corrected chi connectivity index (χ2v) is 5.41. The van der Waals surface area contributed by atoms with Crippen LogP contribution in [-0.2, 0) is 4.74 Å². The highest BCUT2D eigenvalue weighted by Gasteiger charge is 2.10. The van der Waals surface area contributed by atoms with E-state index in [0.717, 1.165) is 44.1 Å². The van der Waals surface area contributed by atoms with E-state index >= 15 is 0 Å². The van der Waals surface area contributed by atoms with Gasteiger partial charge in [-0.25, -0.2) is 4.98 Å². The van der Waals surface area contributed by atoms with E-state index in [0.29, 0.717) is 0 Å². The summed E-state index contributed by atoms with van der Waals surface area (Å²) in [5, 5.41) is 0. The average molecular weight is 263 g/mol. The van der Waals surface area contributed by atoms with Crippen LogP contribution in [-0.4, -0.2) is 52.5 Å². The molecule has 0 atom stereocenters. The minimum Gasteiger partial charge on any atom is -0.379 e. The fourth-order valence-electron chi connectivity index (χ4n) is 2.13. The zero-order chi connectivity index (χ0) is 12.2. The van der Waals surface area contributed by atoms with Crippen LogP contribution in [0.2, 0.25) is 0 Å². The number of hydrogen-bond donors (Lipinski definition) is 0. The van der Waals surface area contributed by atoms with Gasteiger partial charge < -0.3 is 4.74 Å². The number of imidazole rings is 1. The molecule has 0 unspecified atom stereocenters. The maximum absolute atomic E-state index is 5.35. The molecule has 2 aromatic rings. The molecule has 18 heavy (non-hydrogen) atoms. The first-order chi connectivity index (χ1) is 8.93. The Morgan fingerprint density at radius 3 is 2.94 bits per heavy atom. The van der Waals surface area contributed by atoms with Gasteiger partial charge in [0.05, 0.1) is 24.2 Å². The third-order valence-corrected chi connectivity index (χ3v) is 4.10. The van der Waals surface area contributed by atoms with Crippen molar-refractivity contribution < 1.29 is 4.74 Å². The number of fused-ring (bicyclic) bond motifs is 1. The number of rotatable bonds is 4. The third-order valence-electron chi connectivity index (χ3n) is 3.16. The molecule has 1 fully saturated rings. The Kier molecular flexibility index (Phi) is 3.83. The SMILES string of the molecule is c1ccc2c(c1)ncn2SCCN1CCOCC1. The van der Waals surface area contributed by atoms with Crippen molar-refractivity contribution in [2.45, 2.75) is 0 Å². The first-order valence-electron chi connectivity index (χ1n) is 6.29. The van der Waals surface area contributed by atoms with Gasteiger partial charge in [0.25, 0.3) is 0 Å². The van der Waals surface area contributed by atoms with E-state index in [-0.39, 0.29) is 0 Å². The van der Waals surface area contributed by atoms with Gasteiger partial charge in [-0.15, -0.1) is 0 Å². The van der Waals surface area contributed by atoms with Crippen molar-refractivity contribution in [1.82, 2.24) is 13.9 Å². The number of para-hydroxylation sites is 2. The molecule has 96 valence electrons. The van der Waals surface area contributed by atoms with Crippen LogP contribution in [0, 0.1) is 0 Å². The van der Waals surface area contributed by atoms with Crippen LogP contribution in [0.5, 0.6) is 0 Å². The van der Waals surface area contributed by atoms with Crippen molar-refractivity contribution in [3.63, 3.8) is 0 Å². The number of aromatic nitrogens is 2. The van der Waals surface area contributed by atoms with Gasteiger partial charge in [-0.05, 0) is 24.1 Å². The maximum Gasteiger partial charge on any atom is 0.106 e. The highest BCUT2D eigenvalue weighted by atomic mass is 32.2. The number of nitrogens with zero attached hydrogens (tertiary/aromatic N) is 3. The van der Waals surface area contributed by atoms with Gasteiger partial charge in [-0.2, -0.15) is 0 Å². The molecule has 5 heteroatoms. The van der Waals surface area contributed by atoms with Crippen molar-refractivity contribution in [2.75, 3.05) is 38.6 Å². The molecule has 0 radical (unpaired) electrons. The monoisotopic (exact) mass is 263 g/mol. The van der Waals surface area contributed by atoms with E-state index in [1.54, 1.807) is 0 Å². The molecule has 3 rings (SSSR count). The first kappa shape index (κ1) is 12.0. The van der Waals surface area contributed by atoms with E-state index in [1.165, 1.54) is 5.52 Å².